The highest BCUT2D eigenvalue weighted by molar-refractivity contribution is 5.93. The van der Waals surface area contributed by atoms with Gasteiger partial charge in [-0.2, -0.15) is 5.10 Å². The third-order valence-electron chi connectivity index (χ3n) is 3.44. The first kappa shape index (κ1) is 16.5. The number of benzene rings is 1. The molecule has 23 heavy (non-hydrogen) atoms. The number of nitrogens with one attached hydrogen (secondary N) is 1. The molecule has 2 aromatic rings. The quantitative estimate of drug-likeness (QED) is 0.673. The number of aryl methyl sites for hydroxylation is 3. The van der Waals surface area contributed by atoms with Gasteiger partial charge >= 0.3 is 5.69 Å². The summed E-state index contributed by atoms with van der Waals surface area (Å²) < 4.78 is 6.96. The summed E-state index contributed by atoms with van der Waals surface area (Å²) in [6, 6.07) is 4.58. The van der Waals surface area contributed by atoms with Crippen LogP contribution in [0.2, 0.25) is 0 Å². The third-order valence-corrected chi connectivity index (χ3v) is 3.44. The van der Waals surface area contributed by atoms with Gasteiger partial charge in [0.25, 0.3) is 5.91 Å². The molecule has 1 aromatic heterocycles. The Morgan fingerprint density at radius 3 is 2.65 bits per heavy atom. The van der Waals surface area contributed by atoms with E-state index in [2.05, 4.69) is 10.4 Å². The lowest BCUT2D eigenvalue weighted by atomic mass is 10.2. The van der Waals surface area contributed by atoms with Crippen LogP contribution in [0, 0.1) is 30.9 Å². The topological polar surface area (TPSA) is 99.3 Å². The Bertz CT molecular complexity index is 767. The van der Waals surface area contributed by atoms with E-state index in [1.54, 1.807) is 31.6 Å². The molecular formula is C15H18N4O4. The molecule has 1 N–H and O–H groups in total. The van der Waals surface area contributed by atoms with Crippen LogP contribution in [0.15, 0.2) is 18.2 Å². The number of nitro groups is 1. The minimum absolute atomic E-state index is 0.0652. The van der Waals surface area contributed by atoms with Gasteiger partial charge in [0.15, 0.2) is 12.4 Å². The Labute approximate surface area is 133 Å². The molecule has 0 bridgehead atoms. The number of hydrogen-bond acceptors (Lipinski definition) is 5. The van der Waals surface area contributed by atoms with Crippen LogP contribution in [0.5, 0.6) is 5.75 Å². The van der Waals surface area contributed by atoms with Crippen LogP contribution in [0.1, 0.15) is 17.0 Å². The van der Waals surface area contributed by atoms with Crippen molar-refractivity contribution >= 4 is 17.3 Å². The lowest BCUT2D eigenvalue weighted by molar-refractivity contribution is -0.385. The number of nitro benzene ring substituents is 1. The molecule has 1 aromatic carbocycles. The fraction of sp³-hybridized carbons (Fsp3) is 0.333. The van der Waals surface area contributed by atoms with Gasteiger partial charge in [0.2, 0.25) is 0 Å². The van der Waals surface area contributed by atoms with Crippen molar-refractivity contribution in [1.82, 2.24) is 9.78 Å². The molecular weight excluding hydrogens is 300 g/mol. The van der Waals surface area contributed by atoms with Gasteiger partial charge in [0.1, 0.15) is 0 Å². The molecule has 2 rings (SSSR count). The molecule has 0 radical (unpaired) electrons. The number of amides is 1. The summed E-state index contributed by atoms with van der Waals surface area (Å²) in [5.41, 5.74) is 2.72. The summed E-state index contributed by atoms with van der Waals surface area (Å²) in [4.78, 5) is 22.5. The molecule has 0 aliphatic rings. The first-order valence-corrected chi connectivity index (χ1v) is 6.97. The second-order valence-electron chi connectivity index (χ2n) is 5.23. The van der Waals surface area contributed by atoms with Gasteiger partial charge in [-0.1, -0.05) is 6.07 Å². The monoisotopic (exact) mass is 318 g/mol. The Hall–Kier alpha value is -2.90. The van der Waals surface area contributed by atoms with Crippen molar-refractivity contribution in [2.24, 2.45) is 7.05 Å². The smallest absolute Gasteiger partial charge is 0.311 e. The molecule has 0 fully saturated rings. The van der Waals surface area contributed by atoms with Crippen molar-refractivity contribution in [3.05, 3.63) is 45.3 Å². The summed E-state index contributed by atoms with van der Waals surface area (Å²) in [7, 11) is 1.78. The number of carbonyl (C=O) groups excluding carboxylic acids is 1. The minimum atomic E-state index is -0.532. The van der Waals surface area contributed by atoms with E-state index < -0.39 is 10.8 Å². The average molecular weight is 318 g/mol. The summed E-state index contributed by atoms with van der Waals surface area (Å²) in [6.07, 6.45) is 0. The lowest BCUT2D eigenvalue weighted by Crippen LogP contribution is -2.21. The standard InChI is InChI=1S/C15H18N4O4/c1-9-5-6-13(12(7-9)19(21)22)23-8-14(20)16-15-10(2)17-18(4)11(15)3/h5-7H,8H2,1-4H3,(H,16,20). The number of carbonyl (C=O) groups is 1. The molecule has 0 saturated carbocycles. The van der Waals surface area contributed by atoms with E-state index in [0.717, 1.165) is 11.3 Å². The Kier molecular flexibility index (Phi) is 4.63. The predicted molar refractivity (Wildman–Crippen MR) is 84.6 cm³/mol. The van der Waals surface area contributed by atoms with E-state index in [4.69, 9.17) is 4.74 Å². The fourth-order valence-corrected chi connectivity index (χ4v) is 2.17. The predicted octanol–water partition coefficient (Wildman–Crippen LogP) is 2.27. The molecule has 0 saturated heterocycles. The Morgan fingerprint density at radius 2 is 2.09 bits per heavy atom. The van der Waals surface area contributed by atoms with Crippen LogP contribution < -0.4 is 10.1 Å². The van der Waals surface area contributed by atoms with Crippen molar-refractivity contribution in [2.75, 3.05) is 11.9 Å². The van der Waals surface area contributed by atoms with Crippen molar-refractivity contribution in [3.63, 3.8) is 0 Å². The number of ether oxygens (including phenoxy) is 1. The number of rotatable bonds is 5. The van der Waals surface area contributed by atoms with Crippen LogP contribution >= 0.6 is 0 Å². The zero-order chi connectivity index (χ0) is 17.1. The SMILES string of the molecule is Cc1ccc(OCC(=O)Nc2c(C)nn(C)c2C)c([N+](=O)[O-])c1. The van der Waals surface area contributed by atoms with Gasteiger partial charge in [0, 0.05) is 13.1 Å². The van der Waals surface area contributed by atoms with Crippen molar-refractivity contribution < 1.29 is 14.5 Å². The maximum atomic E-state index is 12.0. The number of aromatic nitrogens is 2. The van der Waals surface area contributed by atoms with Crippen LogP contribution in [0.25, 0.3) is 0 Å². The van der Waals surface area contributed by atoms with Gasteiger partial charge in [-0.25, -0.2) is 0 Å². The molecule has 8 heteroatoms. The molecule has 122 valence electrons. The van der Waals surface area contributed by atoms with Gasteiger partial charge < -0.3 is 10.1 Å². The molecule has 1 heterocycles. The van der Waals surface area contributed by atoms with Crippen LogP contribution in [-0.4, -0.2) is 27.2 Å². The van der Waals surface area contributed by atoms with Crippen molar-refractivity contribution in [3.8, 4) is 5.75 Å². The summed E-state index contributed by atoms with van der Waals surface area (Å²) in [5, 5.41) is 17.9. The Balaban J connectivity index is 2.07. The number of anilines is 1. The van der Waals surface area contributed by atoms with Gasteiger partial charge in [-0.05, 0) is 32.4 Å². The first-order valence-electron chi connectivity index (χ1n) is 6.97. The number of hydrogen-bond donors (Lipinski definition) is 1. The molecule has 0 aliphatic heterocycles. The average Bonchev–Trinajstić information content (AvgIpc) is 2.72. The van der Waals surface area contributed by atoms with E-state index >= 15 is 0 Å². The van der Waals surface area contributed by atoms with Crippen molar-refractivity contribution in [2.45, 2.75) is 20.8 Å². The first-order chi connectivity index (χ1) is 10.8. The number of nitrogens with zero attached hydrogens (tertiary/aromatic N) is 3. The third kappa shape index (κ3) is 3.65. The van der Waals surface area contributed by atoms with Crippen LogP contribution in [-0.2, 0) is 11.8 Å². The molecule has 0 unspecified atom stereocenters. The zero-order valence-electron chi connectivity index (χ0n) is 13.4. The minimum Gasteiger partial charge on any atom is -0.477 e. The van der Waals surface area contributed by atoms with Gasteiger partial charge in [-0.15, -0.1) is 0 Å². The summed E-state index contributed by atoms with van der Waals surface area (Å²) >= 11 is 0. The highest BCUT2D eigenvalue weighted by Crippen LogP contribution is 2.27. The second-order valence-corrected chi connectivity index (χ2v) is 5.23. The maximum absolute atomic E-state index is 12.0. The highest BCUT2D eigenvalue weighted by atomic mass is 16.6. The second kappa shape index (κ2) is 6.47. The summed E-state index contributed by atoms with van der Waals surface area (Å²) in [5.74, 6) is -0.338. The maximum Gasteiger partial charge on any atom is 0.311 e. The Morgan fingerprint density at radius 1 is 1.39 bits per heavy atom. The van der Waals surface area contributed by atoms with E-state index in [9.17, 15) is 14.9 Å². The highest BCUT2D eigenvalue weighted by Gasteiger charge is 2.17. The van der Waals surface area contributed by atoms with Crippen LogP contribution in [0.3, 0.4) is 0 Å². The normalized spacial score (nSPS) is 10.4. The van der Waals surface area contributed by atoms with E-state index in [1.807, 2.05) is 6.92 Å². The van der Waals surface area contributed by atoms with E-state index in [0.29, 0.717) is 11.4 Å². The molecule has 1 amide bonds. The van der Waals surface area contributed by atoms with E-state index in [1.165, 1.54) is 12.1 Å². The molecule has 0 aliphatic carbocycles. The lowest BCUT2D eigenvalue weighted by Gasteiger charge is -2.08. The molecule has 8 nitrogen and oxygen atoms in total. The van der Waals surface area contributed by atoms with Gasteiger partial charge in [0.05, 0.1) is 22.0 Å². The zero-order valence-corrected chi connectivity index (χ0v) is 13.4. The van der Waals surface area contributed by atoms with E-state index in [-0.39, 0.29) is 18.0 Å². The van der Waals surface area contributed by atoms with Crippen molar-refractivity contribution in [1.29, 1.82) is 0 Å². The molecule has 0 atom stereocenters. The fourth-order valence-electron chi connectivity index (χ4n) is 2.17. The molecule has 0 spiro atoms. The van der Waals surface area contributed by atoms with Gasteiger partial charge in [-0.3, -0.25) is 19.6 Å². The van der Waals surface area contributed by atoms with Crippen LogP contribution in [0.4, 0.5) is 11.4 Å². The largest absolute Gasteiger partial charge is 0.477 e. The summed E-state index contributed by atoms with van der Waals surface area (Å²) in [6.45, 7) is 5.05.